The minimum Gasteiger partial charge on any atom is -0.481 e. The Morgan fingerprint density at radius 2 is 1.95 bits per heavy atom. The molecule has 0 bridgehead atoms. The van der Waals surface area contributed by atoms with Crippen molar-refractivity contribution in [2.75, 3.05) is 25.5 Å². The molecule has 0 atom stereocenters. The number of hydrogen-bond acceptors (Lipinski definition) is 7. The van der Waals surface area contributed by atoms with E-state index in [9.17, 15) is 4.39 Å². The molecule has 5 aromatic rings. The fourth-order valence-corrected chi connectivity index (χ4v) is 4.85. The zero-order chi connectivity index (χ0) is 25.9. The Morgan fingerprint density at radius 3 is 2.74 bits per heavy atom. The summed E-state index contributed by atoms with van der Waals surface area (Å²) in [6.45, 7) is 2.51. The van der Waals surface area contributed by atoms with E-state index in [4.69, 9.17) is 4.74 Å². The van der Waals surface area contributed by atoms with Crippen molar-refractivity contribution in [2.24, 2.45) is 0 Å². The molecule has 1 saturated heterocycles. The first-order valence-corrected chi connectivity index (χ1v) is 12.8. The first-order valence-electron chi connectivity index (χ1n) is 12.8. The van der Waals surface area contributed by atoms with E-state index in [-0.39, 0.29) is 0 Å². The molecule has 0 unspecified atom stereocenters. The molecule has 0 aromatic carbocycles. The van der Waals surface area contributed by atoms with E-state index in [2.05, 4.69) is 52.6 Å². The van der Waals surface area contributed by atoms with Crippen LogP contribution in [0.2, 0.25) is 0 Å². The van der Waals surface area contributed by atoms with E-state index in [0.29, 0.717) is 36.3 Å². The van der Waals surface area contributed by atoms with Crippen molar-refractivity contribution in [1.29, 1.82) is 0 Å². The summed E-state index contributed by atoms with van der Waals surface area (Å²) in [6.07, 6.45) is 12.0. The number of anilines is 1. The number of hydrogen-bond donors (Lipinski definition) is 3. The van der Waals surface area contributed by atoms with Crippen LogP contribution in [-0.2, 0) is 13.0 Å². The molecule has 5 aromatic heterocycles. The van der Waals surface area contributed by atoms with Crippen LogP contribution in [-0.4, -0.2) is 49.9 Å². The van der Waals surface area contributed by atoms with Gasteiger partial charge in [0, 0.05) is 65.9 Å². The highest BCUT2D eigenvalue weighted by molar-refractivity contribution is 5.84. The van der Waals surface area contributed by atoms with Gasteiger partial charge in [-0.1, -0.05) is 12.1 Å². The fraction of sp³-hybridized carbons (Fsp3) is 0.286. The van der Waals surface area contributed by atoms with Crippen LogP contribution in [0.4, 0.5) is 10.2 Å². The van der Waals surface area contributed by atoms with Gasteiger partial charge in [0.05, 0.1) is 19.3 Å². The van der Waals surface area contributed by atoms with Gasteiger partial charge >= 0.3 is 0 Å². The topological polar surface area (TPSA) is 106 Å². The van der Waals surface area contributed by atoms with Crippen molar-refractivity contribution in [3.05, 3.63) is 84.0 Å². The maximum absolute atomic E-state index is 15.0. The van der Waals surface area contributed by atoms with Crippen LogP contribution in [0.15, 0.2) is 61.3 Å². The summed E-state index contributed by atoms with van der Waals surface area (Å²) in [5, 5.41) is 12.1. The molecule has 6 rings (SSSR count). The number of aromatic amines is 1. The average Bonchev–Trinajstić information content (AvgIpc) is 3.61. The standard InChI is InChI=1S/C28H29FN8O/c1-38-26-5-2-18(13-32-26)12-31-25-4-3-19(27(29)36-25)10-21-15-34-28-24(21)11-20(14-33-28)22-16-35-37(17-22)23-6-8-30-9-7-23/h2-5,11,13-17,23,30H,6-10,12H2,1H3,(H,31,36)(H,33,34). The van der Waals surface area contributed by atoms with Gasteiger partial charge in [0.15, 0.2) is 0 Å². The van der Waals surface area contributed by atoms with Gasteiger partial charge in [0.2, 0.25) is 11.8 Å². The van der Waals surface area contributed by atoms with Crippen molar-refractivity contribution in [2.45, 2.75) is 31.8 Å². The third-order valence-corrected chi connectivity index (χ3v) is 7.02. The van der Waals surface area contributed by atoms with Crippen LogP contribution in [0.5, 0.6) is 5.88 Å². The minimum absolute atomic E-state index is 0.404. The van der Waals surface area contributed by atoms with E-state index < -0.39 is 5.95 Å². The van der Waals surface area contributed by atoms with Gasteiger partial charge in [-0.3, -0.25) is 4.68 Å². The lowest BCUT2D eigenvalue weighted by Gasteiger charge is -2.22. The third kappa shape index (κ3) is 5.08. The van der Waals surface area contributed by atoms with Gasteiger partial charge in [-0.15, -0.1) is 0 Å². The van der Waals surface area contributed by atoms with Crippen molar-refractivity contribution in [1.82, 2.24) is 35.0 Å². The molecular formula is C28H29FN8O. The van der Waals surface area contributed by atoms with Crippen molar-refractivity contribution < 1.29 is 9.13 Å². The first-order chi connectivity index (χ1) is 18.7. The Morgan fingerprint density at radius 1 is 1.05 bits per heavy atom. The normalized spacial score (nSPS) is 14.2. The maximum atomic E-state index is 15.0. The minimum atomic E-state index is -0.496. The molecule has 3 N–H and O–H groups in total. The number of nitrogens with zero attached hydrogens (tertiary/aromatic N) is 5. The fourth-order valence-electron chi connectivity index (χ4n) is 4.85. The quantitative estimate of drug-likeness (QED) is 0.263. The molecule has 6 heterocycles. The number of halogens is 1. The number of aromatic nitrogens is 6. The van der Waals surface area contributed by atoms with Crippen LogP contribution in [0.3, 0.4) is 0 Å². The van der Waals surface area contributed by atoms with Crippen molar-refractivity contribution >= 4 is 16.9 Å². The largest absolute Gasteiger partial charge is 0.481 e. The highest BCUT2D eigenvalue weighted by Gasteiger charge is 2.17. The summed E-state index contributed by atoms with van der Waals surface area (Å²) in [4.78, 5) is 16.1. The van der Waals surface area contributed by atoms with E-state index in [1.807, 2.05) is 24.7 Å². The van der Waals surface area contributed by atoms with Gasteiger partial charge in [-0.25, -0.2) is 15.0 Å². The Labute approximate surface area is 219 Å². The van der Waals surface area contributed by atoms with Gasteiger partial charge in [-0.05, 0) is 49.2 Å². The summed E-state index contributed by atoms with van der Waals surface area (Å²) in [7, 11) is 1.58. The summed E-state index contributed by atoms with van der Waals surface area (Å²) < 4.78 is 22.1. The van der Waals surface area contributed by atoms with Crippen LogP contribution in [0, 0.1) is 5.95 Å². The number of piperidine rings is 1. The number of methoxy groups -OCH3 is 1. The predicted molar refractivity (Wildman–Crippen MR) is 144 cm³/mol. The monoisotopic (exact) mass is 512 g/mol. The van der Waals surface area contributed by atoms with E-state index in [1.165, 1.54) is 0 Å². The molecule has 194 valence electrons. The summed E-state index contributed by atoms with van der Waals surface area (Å²) in [5.41, 5.74) is 5.22. The molecule has 0 saturated carbocycles. The molecular weight excluding hydrogens is 483 g/mol. The summed E-state index contributed by atoms with van der Waals surface area (Å²) >= 11 is 0. The predicted octanol–water partition coefficient (Wildman–Crippen LogP) is 4.49. The Kier molecular flexibility index (Phi) is 6.70. The molecule has 0 aliphatic carbocycles. The Hall–Kier alpha value is -4.31. The lowest BCUT2D eigenvalue weighted by molar-refractivity contribution is 0.343. The maximum Gasteiger partial charge on any atom is 0.218 e. The van der Waals surface area contributed by atoms with Gasteiger partial charge in [0.25, 0.3) is 0 Å². The van der Waals surface area contributed by atoms with Crippen LogP contribution in [0.25, 0.3) is 22.2 Å². The summed E-state index contributed by atoms with van der Waals surface area (Å²) in [5.74, 6) is 0.523. The molecule has 1 aliphatic heterocycles. The lowest BCUT2D eigenvalue weighted by Crippen LogP contribution is -2.29. The second-order valence-corrected chi connectivity index (χ2v) is 9.51. The summed E-state index contributed by atoms with van der Waals surface area (Å²) in [6, 6.07) is 9.78. The lowest BCUT2D eigenvalue weighted by atomic mass is 10.0. The van der Waals surface area contributed by atoms with Gasteiger partial charge in [0.1, 0.15) is 11.5 Å². The molecule has 1 aliphatic rings. The first kappa shape index (κ1) is 24.1. The third-order valence-electron chi connectivity index (χ3n) is 7.02. The number of H-pyrrole nitrogens is 1. The molecule has 9 nitrogen and oxygen atoms in total. The smallest absolute Gasteiger partial charge is 0.218 e. The van der Waals surface area contributed by atoms with E-state index in [0.717, 1.165) is 59.2 Å². The second-order valence-electron chi connectivity index (χ2n) is 9.51. The Bertz CT molecular complexity index is 1540. The second kappa shape index (κ2) is 10.6. The molecule has 10 heteroatoms. The number of rotatable bonds is 8. The molecule has 0 radical (unpaired) electrons. The number of ether oxygens (including phenoxy) is 1. The van der Waals surface area contributed by atoms with Gasteiger partial charge in [-0.2, -0.15) is 9.49 Å². The molecule has 1 fully saturated rings. The number of nitrogens with one attached hydrogen (secondary N) is 3. The number of pyridine rings is 3. The molecule has 38 heavy (non-hydrogen) atoms. The van der Waals surface area contributed by atoms with Crippen molar-refractivity contribution in [3.8, 4) is 17.0 Å². The highest BCUT2D eigenvalue weighted by atomic mass is 19.1. The van der Waals surface area contributed by atoms with Crippen molar-refractivity contribution in [3.63, 3.8) is 0 Å². The van der Waals surface area contributed by atoms with Crippen LogP contribution >= 0.6 is 0 Å². The zero-order valence-electron chi connectivity index (χ0n) is 21.1. The SMILES string of the molecule is COc1ccc(CNc2ccc(Cc3c[nH]c4ncc(-c5cnn(C6CCNCC6)c5)cc34)c(F)n2)cn1. The van der Waals surface area contributed by atoms with E-state index >= 15 is 0 Å². The average molecular weight is 513 g/mol. The molecule has 0 amide bonds. The van der Waals surface area contributed by atoms with Gasteiger partial charge < -0.3 is 20.4 Å². The highest BCUT2D eigenvalue weighted by Crippen LogP contribution is 2.28. The number of fused-ring (bicyclic) bond motifs is 1. The molecule has 0 spiro atoms. The van der Waals surface area contributed by atoms with Crippen LogP contribution in [0.1, 0.15) is 35.6 Å². The van der Waals surface area contributed by atoms with Crippen LogP contribution < -0.4 is 15.4 Å². The Balaban J connectivity index is 1.17. The van der Waals surface area contributed by atoms with E-state index in [1.54, 1.807) is 31.5 Å². The zero-order valence-corrected chi connectivity index (χ0v) is 21.1.